The number of carbonyl (C=O) groups excluding carboxylic acids is 1. The van der Waals surface area contributed by atoms with Gasteiger partial charge in [0.05, 0.1) is 24.9 Å². The third kappa shape index (κ3) is 2.82. The maximum atomic E-state index is 13.6. The summed E-state index contributed by atoms with van der Waals surface area (Å²) in [5, 5.41) is 9.01. The first-order valence-electron chi connectivity index (χ1n) is 5.62. The van der Waals surface area contributed by atoms with E-state index in [0.29, 0.717) is 18.0 Å². The molecule has 1 amide bonds. The largest absolute Gasteiger partial charge is 0.394 e. The molecular formula is C12H14FNO3S. The first-order valence-corrected chi connectivity index (χ1v) is 6.07. The van der Waals surface area contributed by atoms with Gasteiger partial charge in [-0.25, -0.2) is 4.39 Å². The zero-order valence-electron chi connectivity index (χ0n) is 9.67. The van der Waals surface area contributed by atoms with Gasteiger partial charge in [-0.3, -0.25) is 4.79 Å². The van der Waals surface area contributed by atoms with E-state index in [9.17, 15) is 9.18 Å². The average Bonchev–Trinajstić information content (AvgIpc) is 2.41. The molecule has 1 unspecified atom stereocenters. The van der Waals surface area contributed by atoms with Crippen molar-refractivity contribution in [2.75, 3.05) is 26.3 Å². The maximum absolute atomic E-state index is 13.6. The minimum Gasteiger partial charge on any atom is -0.394 e. The van der Waals surface area contributed by atoms with E-state index < -0.39 is 17.8 Å². The number of hydrogen-bond donors (Lipinski definition) is 2. The second-order valence-electron chi connectivity index (χ2n) is 4.09. The van der Waals surface area contributed by atoms with E-state index in [0.717, 1.165) is 0 Å². The fraction of sp³-hybridized carbons (Fsp3) is 0.417. The summed E-state index contributed by atoms with van der Waals surface area (Å²) in [5.74, 6) is -0.963. The van der Waals surface area contributed by atoms with E-state index in [2.05, 4.69) is 12.6 Å². The summed E-state index contributed by atoms with van der Waals surface area (Å²) < 4.78 is 18.8. The third-order valence-electron chi connectivity index (χ3n) is 2.81. The van der Waals surface area contributed by atoms with Gasteiger partial charge in [-0.15, -0.1) is 12.6 Å². The fourth-order valence-electron chi connectivity index (χ4n) is 1.86. The second kappa shape index (κ2) is 5.69. The zero-order valence-corrected chi connectivity index (χ0v) is 10.6. The number of thiol groups is 1. The SMILES string of the molecule is O=C(c1cc(S)ccc1F)N1CCOC(CO)C1. The lowest BCUT2D eigenvalue weighted by Gasteiger charge is -2.32. The van der Waals surface area contributed by atoms with Gasteiger partial charge in [0.2, 0.25) is 0 Å². The molecule has 0 saturated carbocycles. The number of rotatable bonds is 2. The summed E-state index contributed by atoms with van der Waals surface area (Å²) in [7, 11) is 0. The molecule has 1 heterocycles. The molecule has 1 atom stereocenters. The molecule has 4 nitrogen and oxygen atoms in total. The Hall–Kier alpha value is -1.11. The Bertz CT molecular complexity index is 455. The van der Waals surface area contributed by atoms with Crippen molar-refractivity contribution in [3.8, 4) is 0 Å². The van der Waals surface area contributed by atoms with Crippen LogP contribution < -0.4 is 0 Å². The molecule has 1 saturated heterocycles. The van der Waals surface area contributed by atoms with Crippen LogP contribution in [-0.2, 0) is 4.74 Å². The molecule has 0 aliphatic carbocycles. The Kier molecular flexibility index (Phi) is 4.21. The summed E-state index contributed by atoms with van der Waals surface area (Å²) in [6.07, 6.45) is -0.398. The molecule has 1 aromatic rings. The number of hydrogen-bond acceptors (Lipinski definition) is 4. The van der Waals surface area contributed by atoms with Crippen LogP contribution in [0.25, 0.3) is 0 Å². The summed E-state index contributed by atoms with van der Waals surface area (Å²) >= 11 is 4.09. The number of halogens is 1. The Morgan fingerprint density at radius 2 is 2.39 bits per heavy atom. The van der Waals surface area contributed by atoms with Crippen LogP contribution in [0.2, 0.25) is 0 Å². The summed E-state index contributed by atoms with van der Waals surface area (Å²) in [6, 6.07) is 4.12. The van der Waals surface area contributed by atoms with E-state index in [1.165, 1.54) is 23.1 Å². The van der Waals surface area contributed by atoms with Gasteiger partial charge in [-0.2, -0.15) is 0 Å². The second-order valence-corrected chi connectivity index (χ2v) is 4.61. The molecule has 6 heteroatoms. The Labute approximate surface area is 110 Å². The van der Waals surface area contributed by atoms with Crippen LogP contribution in [0.1, 0.15) is 10.4 Å². The molecule has 0 radical (unpaired) electrons. The topological polar surface area (TPSA) is 49.8 Å². The van der Waals surface area contributed by atoms with Crippen LogP contribution in [0.15, 0.2) is 23.1 Å². The number of aliphatic hydroxyl groups is 1. The molecule has 2 rings (SSSR count). The fourth-order valence-corrected chi connectivity index (χ4v) is 2.07. The smallest absolute Gasteiger partial charge is 0.257 e. The normalized spacial score (nSPS) is 19.9. The van der Waals surface area contributed by atoms with Gasteiger partial charge in [0.1, 0.15) is 5.82 Å². The monoisotopic (exact) mass is 271 g/mol. The molecule has 0 aromatic heterocycles. The standard InChI is InChI=1S/C12H14FNO3S/c13-11-2-1-9(18)5-10(11)12(16)14-3-4-17-8(6-14)7-15/h1-2,5,8,15,18H,3-4,6-7H2. The zero-order chi connectivity index (χ0) is 13.1. The Balaban J connectivity index is 2.17. The van der Waals surface area contributed by atoms with E-state index in [1.54, 1.807) is 0 Å². The van der Waals surface area contributed by atoms with Gasteiger partial charge in [-0.1, -0.05) is 0 Å². The van der Waals surface area contributed by atoms with Crippen molar-refractivity contribution in [1.29, 1.82) is 0 Å². The van der Waals surface area contributed by atoms with E-state index in [1.807, 2.05) is 0 Å². The van der Waals surface area contributed by atoms with Crippen molar-refractivity contribution in [2.24, 2.45) is 0 Å². The van der Waals surface area contributed by atoms with Crippen LogP contribution in [0.3, 0.4) is 0 Å². The van der Waals surface area contributed by atoms with Gasteiger partial charge in [0.25, 0.3) is 5.91 Å². The minimum atomic E-state index is -0.565. The summed E-state index contributed by atoms with van der Waals surface area (Å²) in [6.45, 7) is 0.856. The number of benzene rings is 1. The maximum Gasteiger partial charge on any atom is 0.257 e. The molecule has 1 aliphatic heterocycles. The highest BCUT2D eigenvalue weighted by Gasteiger charge is 2.26. The van der Waals surface area contributed by atoms with Crippen LogP contribution >= 0.6 is 12.6 Å². The Morgan fingerprint density at radius 1 is 1.61 bits per heavy atom. The number of carbonyl (C=O) groups is 1. The van der Waals surface area contributed by atoms with Crippen molar-refractivity contribution >= 4 is 18.5 Å². The molecule has 18 heavy (non-hydrogen) atoms. The van der Waals surface area contributed by atoms with Crippen LogP contribution in [0, 0.1) is 5.82 Å². The van der Waals surface area contributed by atoms with Crippen molar-refractivity contribution in [1.82, 2.24) is 4.90 Å². The van der Waals surface area contributed by atoms with E-state index in [4.69, 9.17) is 9.84 Å². The highest BCUT2D eigenvalue weighted by Crippen LogP contribution is 2.17. The van der Waals surface area contributed by atoms with Gasteiger partial charge in [-0.05, 0) is 18.2 Å². The highest BCUT2D eigenvalue weighted by molar-refractivity contribution is 7.80. The molecule has 1 N–H and O–H groups in total. The molecule has 0 spiro atoms. The lowest BCUT2D eigenvalue weighted by atomic mass is 10.1. The quantitative estimate of drug-likeness (QED) is 0.787. The molecule has 1 fully saturated rings. The summed E-state index contributed by atoms with van der Waals surface area (Å²) in [5.41, 5.74) is 0.00101. The van der Waals surface area contributed by atoms with Gasteiger partial charge in [0.15, 0.2) is 0 Å². The Morgan fingerprint density at radius 3 is 3.11 bits per heavy atom. The van der Waals surface area contributed by atoms with Crippen molar-refractivity contribution < 1.29 is 19.0 Å². The van der Waals surface area contributed by atoms with Crippen LogP contribution in [0.4, 0.5) is 4.39 Å². The molecule has 98 valence electrons. The molecule has 0 bridgehead atoms. The highest BCUT2D eigenvalue weighted by atomic mass is 32.1. The number of ether oxygens (including phenoxy) is 1. The van der Waals surface area contributed by atoms with E-state index >= 15 is 0 Å². The van der Waals surface area contributed by atoms with Gasteiger partial charge < -0.3 is 14.7 Å². The number of amides is 1. The van der Waals surface area contributed by atoms with Gasteiger partial charge >= 0.3 is 0 Å². The first kappa shape index (κ1) is 13.3. The van der Waals surface area contributed by atoms with E-state index in [-0.39, 0.29) is 18.7 Å². The van der Waals surface area contributed by atoms with Crippen molar-refractivity contribution in [3.63, 3.8) is 0 Å². The first-order chi connectivity index (χ1) is 8.61. The third-order valence-corrected chi connectivity index (χ3v) is 3.09. The van der Waals surface area contributed by atoms with Crippen LogP contribution in [-0.4, -0.2) is 48.3 Å². The average molecular weight is 271 g/mol. The molecule has 1 aromatic carbocycles. The van der Waals surface area contributed by atoms with Crippen molar-refractivity contribution in [3.05, 3.63) is 29.6 Å². The summed E-state index contributed by atoms with van der Waals surface area (Å²) in [4.78, 5) is 14.2. The molecule has 1 aliphatic rings. The number of morpholine rings is 1. The van der Waals surface area contributed by atoms with Gasteiger partial charge in [0, 0.05) is 18.0 Å². The predicted octanol–water partition coefficient (Wildman–Crippen LogP) is 0.948. The molecular weight excluding hydrogens is 257 g/mol. The number of nitrogens with zero attached hydrogens (tertiary/aromatic N) is 1. The lowest BCUT2D eigenvalue weighted by Crippen LogP contribution is -2.47. The minimum absolute atomic E-state index is 0.00101. The van der Waals surface area contributed by atoms with Crippen LogP contribution in [0.5, 0.6) is 0 Å². The lowest BCUT2D eigenvalue weighted by molar-refractivity contribution is -0.0448. The number of aliphatic hydroxyl groups excluding tert-OH is 1. The predicted molar refractivity (Wildman–Crippen MR) is 66.4 cm³/mol. The van der Waals surface area contributed by atoms with Crippen molar-refractivity contribution in [2.45, 2.75) is 11.0 Å².